The number of para-hydroxylation sites is 3. The Morgan fingerprint density at radius 2 is 1.89 bits per heavy atom. The van der Waals surface area contributed by atoms with Gasteiger partial charge in [-0.25, -0.2) is 15.1 Å². The van der Waals surface area contributed by atoms with Crippen LogP contribution in [0.3, 0.4) is 0 Å². The maximum Gasteiger partial charge on any atom is 0.246 e. The highest BCUT2D eigenvalue weighted by Crippen LogP contribution is 2.59. The molecule has 0 bridgehead atoms. The van der Waals surface area contributed by atoms with Crippen LogP contribution in [0.2, 0.25) is 5.15 Å². The second-order valence-electron chi connectivity index (χ2n) is 10.0. The van der Waals surface area contributed by atoms with Gasteiger partial charge in [-0.3, -0.25) is 4.79 Å². The van der Waals surface area contributed by atoms with E-state index in [1.807, 2.05) is 68.4 Å². The van der Waals surface area contributed by atoms with Gasteiger partial charge in [-0.05, 0) is 49.4 Å². The fourth-order valence-corrected chi connectivity index (χ4v) is 5.52. The third-order valence-corrected chi connectivity index (χ3v) is 8.24. The molecule has 2 atom stereocenters. The van der Waals surface area contributed by atoms with E-state index in [1.54, 1.807) is 10.9 Å². The number of hydrogen-bond donors (Lipinski definition) is 2. The Hall–Kier alpha value is -3.45. The van der Waals surface area contributed by atoms with E-state index in [0.717, 1.165) is 41.1 Å². The number of hydrogen-bond acceptors (Lipinski definition) is 4. The Morgan fingerprint density at radius 1 is 1.17 bits per heavy atom. The molecule has 0 radical (unpaired) electrons. The van der Waals surface area contributed by atoms with Crippen LogP contribution in [0.4, 0.5) is 0 Å². The van der Waals surface area contributed by atoms with E-state index in [9.17, 15) is 4.79 Å². The summed E-state index contributed by atoms with van der Waals surface area (Å²) in [6.07, 6.45) is 3.19. The van der Waals surface area contributed by atoms with Gasteiger partial charge in [0.1, 0.15) is 11.0 Å². The number of aromatic nitrogens is 4. The molecule has 1 amide bonds. The van der Waals surface area contributed by atoms with Crippen molar-refractivity contribution in [2.75, 3.05) is 0 Å². The van der Waals surface area contributed by atoms with Crippen LogP contribution in [0.1, 0.15) is 56.6 Å². The number of rotatable bonds is 5. The van der Waals surface area contributed by atoms with Crippen LogP contribution in [0, 0.1) is 17.8 Å². The quantitative estimate of drug-likeness (QED) is 0.276. The minimum Gasteiger partial charge on any atom is -0.342 e. The monoisotopic (exact) mass is 488 g/mol. The van der Waals surface area contributed by atoms with Gasteiger partial charge in [0.2, 0.25) is 5.91 Å². The number of fused-ring (bicyclic) bond motifs is 1. The normalized spacial score (nSPS) is 21.7. The molecule has 2 aromatic heterocycles. The first-order chi connectivity index (χ1) is 16.7. The molecule has 7 nitrogen and oxygen atoms in total. The van der Waals surface area contributed by atoms with Crippen LogP contribution in [-0.2, 0) is 4.79 Å². The topological polar surface area (TPSA) is 88.0 Å². The Balaban J connectivity index is 1.34. The van der Waals surface area contributed by atoms with Crippen LogP contribution >= 0.6 is 11.6 Å². The van der Waals surface area contributed by atoms with E-state index in [4.69, 9.17) is 16.6 Å². The minimum absolute atomic E-state index is 0.110. The molecule has 2 aromatic carbocycles. The second-order valence-corrected chi connectivity index (χ2v) is 10.4. The number of nitrogens with one attached hydrogen (secondary N) is 2. The van der Waals surface area contributed by atoms with Crippen LogP contribution in [0.25, 0.3) is 16.7 Å². The molecule has 2 unspecified atom stereocenters. The standard InChI is InChI=1S/C27H29ClN6O/c1-17-19(23(28)34(33-17)18-10-6-5-7-11-18)16-29-32-25(35)27(4)15-14-20(26(27,2)3)24-30-21-12-8-9-13-22(21)31-24/h5-13,16,20H,14-15H2,1-4H3,(H,30,31)(H,32,35). The van der Waals surface area contributed by atoms with Crippen molar-refractivity contribution in [3.63, 3.8) is 0 Å². The van der Waals surface area contributed by atoms with Gasteiger partial charge in [0.05, 0.1) is 39.6 Å². The van der Waals surface area contributed by atoms with Crippen molar-refractivity contribution in [1.29, 1.82) is 0 Å². The number of carbonyl (C=O) groups is 1. The van der Waals surface area contributed by atoms with E-state index >= 15 is 0 Å². The van der Waals surface area contributed by atoms with Gasteiger partial charge < -0.3 is 4.98 Å². The van der Waals surface area contributed by atoms with E-state index < -0.39 is 5.41 Å². The van der Waals surface area contributed by atoms with Gasteiger partial charge in [0, 0.05) is 5.92 Å². The van der Waals surface area contributed by atoms with Crippen LogP contribution in [0.5, 0.6) is 0 Å². The molecule has 180 valence electrons. The summed E-state index contributed by atoms with van der Waals surface area (Å²) in [5.74, 6) is 0.962. The van der Waals surface area contributed by atoms with Crippen molar-refractivity contribution >= 4 is 34.8 Å². The number of H-pyrrole nitrogens is 1. The zero-order valence-electron chi connectivity index (χ0n) is 20.3. The molecule has 5 rings (SSSR count). The number of imidazole rings is 1. The van der Waals surface area contributed by atoms with E-state index in [-0.39, 0.29) is 17.2 Å². The predicted octanol–water partition coefficient (Wildman–Crippen LogP) is 5.77. The molecule has 35 heavy (non-hydrogen) atoms. The van der Waals surface area contributed by atoms with Gasteiger partial charge in [-0.2, -0.15) is 10.2 Å². The molecule has 2 heterocycles. The number of benzene rings is 2. The fraction of sp³-hybridized carbons (Fsp3) is 0.333. The van der Waals surface area contributed by atoms with E-state index in [0.29, 0.717) is 10.7 Å². The summed E-state index contributed by atoms with van der Waals surface area (Å²) < 4.78 is 1.67. The number of amides is 1. The van der Waals surface area contributed by atoms with Crippen molar-refractivity contribution in [2.45, 2.75) is 46.5 Å². The second kappa shape index (κ2) is 8.64. The molecule has 1 saturated carbocycles. The number of aromatic amines is 1. The lowest BCUT2D eigenvalue weighted by molar-refractivity contribution is -0.135. The van der Waals surface area contributed by atoms with Gasteiger partial charge in [0.15, 0.2) is 0 Å². The summed E-state index contributed by atoms with van der Waals surface area (Å²) in [6.45, 7) is 8.18. The lowest BCUT2D eigenvalue weighted by atomic mass is 9.65. The molecule has 0 aliphatic heterocycles. The molecule has 0 saturated heterocycles. The number of carbonyl (C=O) groups excluding carboxylic acids is 1. The van der Waals surface area contributed by atoms with Crippen molar-refractivity contribution in [3.05, 3.63) is 76.8 Å². The first-order valence-electron chi connectivity index (χ1n) is 11.8. The predicted molar refractivity (Wildman–Crippen MR) is 139 cm³/mol. The van der Waals surface area contributed by atoms with Crippen molar-refractivity contribution < 1.29 is 4.79 Å². The van der Waals surface area contributed by atoms with Gasteiger partial charge in [-0.15, -0.1) is 0 Å². The summed E-state index contributed by atoms with van der Waals surface area (Å²) in [6, 6.07) is 17.7. The van der Waals surface area contributed by atoms with Gasteiger partial charge >= 0.3 is 0 Å². The Labute approximate surface area is 209 Å². The van der Waals surface area contributed by atoms with Crippen LogP contribution < -0.4 is 5.43 Å². The molecule has 1 aliphatic rings. The molecule has 8 heteroatoms. The maximum absolute atomic E-state index is 13.4. The lowest BCUT2D eigenvalue weighted by Crippen LogP contribution is -2.45. The first-order valence-corrected chi connectivity index (χ1v) is 12.2. The van der Waals surface area contributed by atoms with Crippen molar-refractivity contribution in [2.24, 2.45) is 15.9 Å². The summed E-state index contributed by atoms with van der Waals surface area (Å²) in [7, 11) is 0. The number of nitrogens with zero attached hydrogens (tertiary/aromatic N) is 4. The first kappa shape index (κ1) is 23.3. The van der Waals surface area contributed by atoms with Gasteiger partial charge in [0.25, 0.3) is 0 Å². The zero-order chi connectivity index (χ0) is 24.8. The number of hydrazone groups is 1. The summed E-state index contributed by atoms with van der Waals surface area (Å²) in [5, 5.41) is 9.24. The highest BCUT2D eigenvalue weighted by molar-refractivity contribution is 6.32. The molecule has 0 spiro atoms. The summed E-state index contributed by atoms with van der Waals surface area (Å²) in [4.78, 5) is 21.7. The summed E-state index contributed by atoms with van der Waals surface area (Å²) >= 11 is 6.59. The average molecular weight is 489 g/mol. The minimum atomic E-state index is -0.610. The average Bonchev–Trinajstić information content (AvgIpc) is 3.47. The Bertz CT molecular complexity index is 1390. The fourth-order valence-electron chi connectivity index (χ4n) is 5.20. The molecular formula is C27H29ClN6O. The molecular weight excluding hydrogens is 460 g/mol. The van der Waals surface area contributed by atoms with Crippen molar-refractivity contribution in [3.8, 4) is 5.69 Å². The number of aryl methyl sites for hydroxylation is 1. The number of halogens is 1. The van der Waals surface area contributed by atoms with Gasteiger partial charge in [-0.1, -0.05) is 62.7 Å². The molecule has 1 fully saturated rings. The van der Waals surface area contributed by atoms with Crippen LogP contribution in [-0.4, -0.2) is 31.9 Å². The Kier molecular flexibility index (Phi) is 5.75. The highest BCUT2D eigenvalue weighted by atomic mass is 35.5. The van der Waals surface area contributed by atoms with E-state index in [2.05, 4.69) is 34.5 Å². The summed E-state index contributed by atoms with van der Waals surface area (Å²) in [5.41, 5.74) is 6.07. The lowest BCUT2D eigenvalue weighted by Gasteiger charge is -2.39. The third-order valence-electron chi connectivity index (χ3n) is 7.87. The third kappa shape index (κ3) is 3.84. The SMILES string of the molecule is Cc1nn(-c2ccccc2)c(Cl)c1C=NNC(=O)C1(C)CCC(c2nc3ccccc3[nH]2)C1(C)C. The highest BCUT2D eigenvalue weighted by Gasteiger charge is 2.57. The molecule has 1 aliphatic carbocycles. The smallest absolute Gasteiger partial charge is 0.246 e. The molecule has 2 N–H and O–H groups in total. The largest absolute Gasteiger partial charge is 0.342 e. The molecule has 4 aromatic rings. The van der Waals surface area contributed by atoms with Crippen LogP contribution in [0.15, 0.2) is 59.7 Å². The van der Waals surface area contributed by atoms with E-state index in [1.165, 1.54) is 0 Å². The maximum atomic E-state index is 13.4. The zero-order valence-corrected chi connectivity index (χ0v) is 21.1. The Morgan fingerprint density at radius 3 is 2.63 bits per heavy atom. The van der Waals surface area contributed by atoms with Crippen molar-refractivity contribution in [1.82, 2.24) is 25.2 Å².